The number of nitro benzene ring substituents is 1. The summed E-state index contributed by atoms with van der Waals surface area (Å²) < 4.78 is 10.1. The molecule has 0 amide bonds. The van der Waals surface area contributed by atoms with Crippen molar-refractivity contribution in [3.63, 3.8) is 0 Å². The first-order valence-electron chi connectivity index (χ1n) is 11.5. The lowest BCUT2D eigenvalue weighted by molar-refractivity contribution is -0.384. The number of hydrogen-bond acceptors (Lipinski definition) is 6. The molecule has 0 fully saturated rings. The van der Waals surface area contributed by atoms with Gasteiger partial charge in [-0.1, -0.05) is 75.8 Å². The number of rotatable bonds is 16. The zero-order valence-corrected chi connectivity index (χ0v) is 19.1. The Balaban J connectivity index is 2.02. The fourth-order valence-electron chi connectivity index (χ4n) is 3.05. The highest BCUT2D eigenvalue weighted by Crippen LogP contribution is 2.14. The molecule has 1 aromatic rings. The van der Waals surface area contributed by atoms with Gasteiger partial charge in [-0.3, -0.25) is 19.7 Å². The molecule has 7 nitrogen and oxygen atoms in total. The number of ether oxygens (including phenoxy) is 2. The Morgan fingerprint density at radius 3 is 2.25 bits per heavy atom. The normalized spacial score (nSPS) is 10.2. The van der Waals surface area contributed by atoms with Crippen molar-refractivity contribution in [1.29, 1.82) is 0 Å². The van der Waals surface area contributed by atoms with Gasteiger partial charge in [0.25, 0.3) is 5.69 Å². The summed E-state index contributed by atoms with van der Waals surface area (Å²) in [6.07, 6.45) is 11.4. The van der Waals surface area contributed by atoms with Crippen LogP contribution in [0.4, 0.5) is 5.69 Å². The standard InChI is InChI=1S/C25H35NO6/c1-2-3-4-5-6-7-8-9-10-11-12-19-31-24(27)17-14-18-25(28)32-21-22-15-13-16-23(20-22)26(29)30/h13,15-16,20H,2-10,14,17-19,21H2,1H3. The number of hydrogen-bond donors (Lipinski definition) is 0. The number of benzene rings is 1. The maximum absolute atomic E-state index is 11.8. The summed E-state index contributed by atoms with van der Waals surface area (Å²) in [6.45, 7) is 2.26. The van der Waals surface area contributed by atoms with Crippen molar-refractivity contribution in [2.45, 2.75) is 90.6 Å². The number of nitro groups is 1. The summed E-state index contributed by atoms with van der Waals surface area (Å²) >= 11 is 0. The Morgan fingerprint density at radius 1 is 0.906 bits per heavy atom. The Morgan fingerprint density at radius 2 is 1.56 bits per heavy atom. The molecule has 1 aromatic carbocycles. The minimum atomic E-state index is -0.502. The van der Waals surface area contributed by atoms with Gasteiger partial charge in [0.2, 0.25) is 0 Å². The number of carbonyl (C=O) groups excluding carboxylic acids is 2. The number of unbranched alkanes of at least 4 members (excludes halogenated alkanes) is 8. The molecule has 0 atom stereocenters. The van der Waals surface area contributed by atoms with Gasteiger partial charge in [-0.2, -0.15) is 0 Å². The number of esters is 2. The second-order valence-corrected chi connectivity index (χ2v) is 7.68. The van der Waals surface area contributed by atoms with E-state index in [2.05, 4.69) is 18.8 Å². The van der Waals surface area contributed by atoms with Crippen LogP contribution in [0.5, 0.6) is 0 Å². The number of non-ortho nitro benzene ring substituents is 1. The zero-order valence-electron chi connectivity index (χ0n) is 19.1. The molecule has 0 radical (unpaired) electrons. The highest BCUT2D eigenvalue weighted by atomic mass is 16.6. The van der Waals surface area contributed by atoms with E-state index in [0.717, 1.165) is 12.8 Å². The molecule has 0 aliphatic rings. The fourth-order valence-corrected chi connectivity index (χ4v) is 3.05. The Hall–Kier alpha value is -2.88. The van der Waals surface area contributed by atoms with Crippen molar-refractivity contribution >= 4 is 17.6 Å². The molecule has 0 heterocycles. The van der Waals surface area contributed by atoms with Crippen molar-refractivity contribution in [1.82, 2.24) is 0 Å². The van der Waals surface area contributed by atoms with E-state index in [4.69, 9.17) is 9.47 Å². The molecular formula is C25H35NO6. The molecule has 1 rings (SSSR count). The molecule has 176 valence electrons. The third-order valence-corrected chi connectivity index (χ3v) is 4.87. The van der Waals surface area contributed by atoms with E-state index in [0.29, 0.717) is 12.0 Å². The van der Waals surface area contributed by atoms with Gasteiger partial charge in [0.05, 0.1) is 4.92 Å². The van der Waals surface area contributed by atoms with Gasteiger partial charge in [0.15, 0.2) is 6.61 Å². The summed E-state index contributed by atoms with van der Waals surface area (Å²) in [5, 5.41) is 10.7. The quantitative estimate of drug-likeness (QED) is 0.104. The summed E-state index contributed by atoms with van der Waals surface area (Å²) in [5.41, 5.74) is 0.486. The van der Waals surface area contributed by atoms with Crippen molar-refractivity contribution in [3.05, 3.63) is 39.9 Å². The van der Waals surface area contributed by atoms with E-state index >= 15 is 0 Å². The van der Waals surface area contributed by atoms with Crippen LogP contribution in [0.3, 0.4) is 0 Å². The second-order valence-electron chi connectivity index (χ2n) is 7.68. The van der Waals surface area contributed by atoms with Crippen LogP contribution < -0.4 is 0 Å². The van der Waals surface area contributed by atoms with Gasteiger partial charge in [-0.25, -0.2) is 0 Å². The van der Waals surface area contributed by atoms with Gasteiger partial charge in [0, 0.05) is 31.4 Å². The third kappa shape index (κ3) is 14.2. The largest absolute Gasteiger partial charge is 0.461 e. The molecule has 7 heteroatoms. The summed E-state index contributed by atoms with van der Waals surface area (Å²) in [7, 11) is 0. The fraction of sp³-hybridized carbons (Fsp3) is 0.600. The van der Waals surface area contributed by atoms with Gasteiger partial charge in [-0.15, -0.1) is 0 Å². The molecule has 0 spiro atoms. The molecule has 0 bridgehead atoms. The maximum atomic E-state index is 11.8. The predicted molar refractivity (Wildman–Crippen MR) is 123 cm³/mol. The van der Waals surface area contributed by atoms with Crippen LogP contribution in [0.1, 0.15) is 89.5 Å². The van der Waals surface area contributed by atoms with Crippen molar-refractivity contribution in [2.24, 2.45) is 0 Å². The third-order valence-electron chi connectivity index (χ3n) is 4.87. The minimum absolute atomic E-state index is 0.0423. The van der Waals surface area contributed by atoms with Crippen molar-refractivity contribution in [2.75, 3.05) is 6.61 Å². The van der Waals surface area contributed by atoms with Crippen LogP contribution in [-0.2, 0) is 25.7 Å². The maximum Gasteiger partial charge on any atom is 0.306 e. The molecule has 0 aliphatic carbocycles. The first-order chi connectivity index (χ1) is 15.5. The van der Waals surface area contributed by atoms with E-state index in [1.165, 1.54) is 63.1 Å². The second kappa shape index (κ2) is 17.8. The molecule has 32 heavy (non-hydrogen) atoms. The zero-order chi connectivity index (χ0) is 23.4. The van der Waals surface area contributed by atoms with Gasteiger partial charge in [-0.05, 0) is 18.4 Å². The molecule has 0 saturated carbocycles. The summed E-state index contributed by atoms with van der Waals surface area (Å²) in [6, 6.07) is 5.92. The van der Waals surface area contributed by atoms with Crippen LogP contribution in [0, 0.1) is 22.0 Å². The van der Waals surface area contributed by atoms with Crippen LogP contribution in [0.2, 0.25) is 0 Å². The lowest BCUT2D eigenvalue weighted by Gasteiger charge is -2.05. The topological polar surface area (TPSA) is 95.7 Å². The lowest BCUT2D eigenvalue weighted by Crippen LogP contribution is -2.08. The average molecular weight is 446 g/mol. The van der Waals surface area contributed by atoms with Crippen molar-refractivity contribution in [3.8, 4) is 11.8 Å². The molecular weight excluding hydrogens is 410 g/mol. The van der Waals surface area contributed by atoms with E-state index in [-0.39, 0.29) is 31.7 Å². The van der Waals surface area contributed by atoms with Crippen LogP contribution >= 0.6 is 0 Å². The van der Waals surface area contributed by atoms with Crippen LogP contribution in [0.25, 0.3) is 0 Å². The Labute approximate surface area is 191 Å². The Bertz CT molecular complexity index is 765. The molecule has 0 saturated heterocycles. The SMILES string of the molecule is CCCCCCCCCCC#CCOC(=O)CCCC(=O)OCc1cccc([N+](=O)[O-])c1. The van der Waals surface area contributed by atoms with Gasteiger partial charge >= 0.3 is 11.9 Å². The van der Waals surface area contributed by atoms with Crippen LogP contribution in [-0.4, -0.2) is 23.5 Å². The smallest absolute Gasteiger partial charge is 0.306 e. The molecule has 0 aromatic heterocycles. The van der Waals surface area contributed by atoms with E-state index in [1.54, 1.807) is 6.07 Å². The molecule has 0 aliphatic heterocycles. The van der Waals surface area contributed by atoms with Gasteiger partial charge in [0.1, 0.15) is 6.61 Å². The minimum Gasteiger partial charge on any atom is -0.461 e. The molecule has 0 N–H and O–H groups in total. The predicted octanol–water partition coefficient (Wildman–Crippen LogP) is 5.89. The van der Waals surface area contributed by atoms with Crippen LogP contribution in [0.15, 0.2) is 24.3 Å². The van der Waals surface area contributed by atoms with E-state index in [1.807, 2.05) is 0 Å². The monoisotopic (exact) mass is 445 g/mol. The van der Waals surface area contributed by atoms with Crippen molar-refractivity contribution < 1.29 is 24.0 Å². The van der Waals surface area contributed by atoms with Gasteiger partial charge < -0.3 is 9.47 Å². The summed E-state index contributed by atoms with van der Waals surface area (Å²) in [5.74, 6) is 5.02. The number of carbonyl (C=O) groups is 2. The van der Waals surface area contributed by atoms with E-state index < -0.39 is 16.9 Å². The highest BCUT2D eigenvalue weighted by Gasteiger charge is 2.09. The first-order valence-corrected chi connectivity index (χ1v) is 11.5. The summed E-state index contributed by atoms with van der Waals surface area (Å²) in [4.78, 5) is 33.7. The lowest BCUT2D eigenvalue weighted by atomic mass is 10.1. The first kappa shape index (κ1) is 27.2. The average Bonchev–Trinajstić information content (AvgIpc) is 2.78. The Kier molecular flexibility index (Phi) is 15.1. The van der Waals surface area contributed by atoms with E-state index in [9.17, 15) is 19.7 Å². The number of nitrogens with zero attached hydrogens (tertiary/aromatic N) is 1. The highest BCUT2D eigenvalue weighted by molar-refractivity contribution is 5.72. The molecule has 0 unspecified atom stereocenters.